The van der Waals surface area contributed by atoms with E-state index in [1.54, 1.807) is 0 Å². The van der Waals surface area contributed by atoms with Crippen LogP contribution in [0.4, 0.5) is 0 Å². The molecule has 0 saturated carbocycles. The van der Waals surface area contributed by atoms with Gasteiger partial charge in [-0.25, -0.2) is 4.79 Å². The van der Waals surface area contributed by atoms with Crippen LogP contribution in [0.5, 0.6) is 5.75 Å². The van der Waals surface area contributed by atoms with Gasteiger partial charge in [-0.05, 0) is 42.9 Å². The van der Waals surface area contributed by atoms with Crippen LogP contribution in [0.2, 0.25) is 5.02 Å². The third kappa shape index (κ3) is 2.04. The Hall–Kier alpha value is -2.01. The van der Waals surface area contributed by atoms with Crippen LogP contribution in [-0.2, 0) is 12.8 Å². The highest BCUT2D eigenvalue weighted by molar-refractivity contribution is 6.33. The van der Waals surface area contributed by atoms with Gasteiger partial charge in [-0.3, -0.25) is 0 Å². The molecule has 0 saturated heterocycles. The Morgan fingerprint density at radius 3 is 2.75 bits per heavy atom. The molecule has 0 unspecified atom stereocenters. The average molecular weight is 294 g/mol. The normalized spacial score (nSPS) is 14.1. The minimum absolute atomic E-state index is 0.0717. The molecular weight excluding hydrogens is 282 g/mol. The Morgan fingerprint density at radius 2 is 2.05 bits per heavy atom. The second kappa shape index (κ2) is 4.83. The molecule has 0 spiro atoms. The van der Waals surface area contributed by atoms with Crippen LogP contribution in [0.1, 0.15) is 34.5 Å². The van der Waals surface area contributed by atoms with Crippen molar-refractivity contribution in [2.75, 3.05) is 0 Å². The van der Waals surface area contributed by atoms with Crippen LogP contribution in [0.25, 0.3) is 11.3 Å². The van der Waals surface area contributed by atoms with Crippen molar-refractivity contribution in [2.45, 2.75) is 25.7 Å². The van der Waals surface area contributed by atoms with Gasteiger partial charge < -0.3 is 14.7 Å². The number of aromatic hydroxyl groups is 1. The molecule has 1 aliphatic carbocycles. The fraction of sp³-hybridized carbons (Fsp3) is 0.286. The lowest BCUT2D eigenvalue weighted by Gasteiger charge is -2.19. The lowest BCUT2D eigenvalue weighted by molar-refractivity contribution is 0.0652. The van der Waals surface area contributed by atoms with Crippen molar-refractivity contribution in [3.05, 3.63) is 34.0 Å². The number of phenolic OH excluding ortho intramolecular Hbond substituents is 1. The van der Waals surface area contributed by atoms with Crippen LogP contribution in [0, 0.1) is 0 Å². The van der Waals surface area contributed by atoms with Crippen molar-refractivity contribution in [3.63, 3.8) is 0 Å². The Balaban J connectivity index is 2.13. The van der Waals surface area contributed by atoms with Gasteiger partial charge in [0.25, 0.3) is 0 Å². The predicted octanol–water partition coefficient (Wildman–Crippen LogP) is 3.28. The lowest BCUT2D eigenvalue weighted by atomic mass is 9.89. The topological polar surface area (TPSA) is 83.6 Å². The van der Waals surface area contributed by atoms with E-state index in [9.17, 15) is 9.90 Å². The van der Waals surface area contributed by atoms with Crippen LogP contribution in [-0.4, -0.2) is 21.3 Å². The monoisotopic (exact) mass is 293 g/mol. The molecule has 2 aromatic rings. The van der Waals surface area contributed by atoms with Gasteiger partial charge in [-0.15, -0.1) is 0 Å². The maximum absolute atomic E-state index is 10.8. The number of carboxylic acids is 1. The Morgan fingerprint density at radius 1 is 1.30 bits per heavy atom. The standard InChI is InChI=1S/C14H12ClNO4/c15-12-8-4-2-1-3-7(8)5-9(13(12)17)10-6-11(14(18)19)20-16-10/h5-6,17H,1-4H2,(H,18,19). The maximum Gasteiger partial charge on any atom is 0.374 e. The molecular formula is C14H12ClNO4. The molecule has 0 amide bonds. The number of hydrogen-bond donors (Lipinski definition) is 2. The van der Waals surface area contributed by atoms with Gasteiger partial charge in [0.15, 0.2) is 0 Å². The minimum atomic E-state index is -1.20. The Labute approximate surface area is 119 Å². The molecule has 2 N–H and O–H groups in total. The van der Waals surface area contributed by atoms with Crippen LogP contribution >= 0.6 is 11.6 Å². The molecule has 0 atom stereocenters. The average Bonchev–Trinajstić information content (AvgIpc) is 2.92. The first-order chi connectivity index (χ1) is 9.58. The summed E-state index contributed by atoms with van der Waals surface area (Å²) in [5.41, 5.74) is 2.73. The number of nitrogens with zero attached hydrogens (tertiary/aromatic N) is 1. The molecule has 1 aromatic carbocycles. The fourth-order valence-electron chi connectivity index (χ4n) is 2.54. The highest BCUT2D eigenvalue weighted by Gasteiger charge is 2.22. The van der Waals surface area contributed by atoms with Gasteiger partial charge >= 0.3 is 5.97 Å². The van der Waals surface area contributed by atoms with E-state index in [0.29, 0.717) is 10.6 Å². The largest absolute Gasteiger partial charge is 0.506 e. The molecule has 0 radical (unpaired) electrons. The van der Waals surface area contributed by atoms with E-state index in [1.807, 2.05) is 6.07 Å². The van der Waals surface area contributed by atoms with Gasteiger partial charge in [0.1, 0.15) is 11.4 Å². The molecule has 1 heterocycles. The number of benzene rings is 1. The van der Waals surface area contributed by atoms with E-state index in [4.69, 9.17) is 21.2 Å². The molecule has 6 heteroatoms. The molecule has 3 rings (SSSR count). The number of aryl methyl sites for hydroxylation is 1. The number of rotatable bonds is 2. The number of halogens is 1. The smallest absolute Gasteiger partial charge is 0.374 e. The van der Waals surface area contributed by atoms with E-state index in [0.717, 1.165) is 36.8 Å². The van der Waals surface area contributed by atoms with Crippen molar-refractivity contribution in [3.8, 4) is 17.0 Å². The second-order valence-corrected chi connectivity index (χ2v) is 5.19. The van der Waals surface area contributed by atoms with Crippen LogP contribution in [0.15, 0.2) is 16.7 Å². The molecule has 20 heavy (non-hydrogen) atoms. The molecule has 1 aromatic heterocycles. The summed E-state index contributed by atoms with van der Waals surface area (Å²) in [6, 6.07) is 3.10. The van der Waals surface area contributed by atoms with Crippen molar-refractivity contribution in [1.29, 1.82) is 0 Å². The number of fused-ring (bicyclic) bond motifs is 1. The van der Waals surface area contributed by atoms with Gasteiger partial charge in [-0.1, -0.05) is 16.8 Å². The Kier molecular flexibility index (Phi) is 3.14. The molecule has 5 nitrogen and oxygen atoms in total. The van der Waals surface area contributed by atoms with Gasteiger partial charge in [0.2, 0.25) is 5.76 Å². The van der Waals surface area contributed by atoms with Crippen molar-refractivity contribution >= 4 is 17.6 Å². The first-order valence-electron chi connectivity index (χ1n) is 6.31. The zero-order valence-electron chi connectivity index (χ0n) is 10.5. The summed E-state index contributed by atoms with van der Waals surface area (Å²) >= 11 is 6.21. The highest BCUT2D eigenvalue weighted by Crippen LogP contribution is 2.41. The number of carbonyl (C=O) groups is 1. The van der Waals surface area contributed by atoms with E-state index >= 15 is 0 Å². The number of phenols is 1. The first-order valence-corrected chi connectivity index (χ1v) is 6.69. The molecule has 1 aliphatic rings. The quantitative estimate of drug-likeness (QED) is 0.887. The summed E-state index contributed by atoms with van der Waals surface area (Å²) in [5, 5.41) is 23.0. The third-order valence-corrected chi connectivity index (χ3v) is 3.96. The van der Waals surface area contributed by atoms with Gasteiger partial charge in [0, 0.05) is 11.6 Å². The van der Waals surface area contributed by atoms with Crippen molar-refractivity contribution in [1.82, 2.24) is 5.16 Å². The fourth-order valence-corrected chi connectivity index (χ4v) is 2.86. The van der Waals surface area contributed by atoms with E-state index in [1.165, 1.54) is 6.07 Å². The minimum Gasteiger partial charge on any atom is -0.506 e. The van der Waals surface area contributed by atoms with Gasteiger partial charge in [0.05, 0.1) is 5.02 Å². The lowest BCUT2D eigenvalue weighted by Crippen LogP contribution is -2.04. The SMILES string of the molecule is O=C(O)c1cc(-c2cc3c(c(Cl)c2O)CCCC3)no1. The molecule has 0 bridgehead atoms. The Bertz CT molecular complexity index is 693. The third-order valence-electron chi connectivity index (χ3n) is 3.55. The predicted molar refractivity (Wildman–Crippen MR) is 72.2 cm³/mol. The summed E-state index contributed by atoms with van der Waals surface area (Å²) in [7, 11) is 0. The number of carboxylic acid groups (broad SMARTS) is 1. The molecule has 0 aliphatic heterocycles. The highest BCUT2D eigenvalue weighted by atomic mass is 35.5. The van der Waals surface area contributed by atoms with E-state index in [-0.39, 0.29) is 17.2 Å². The molecule has 104 valence electrons. The van der Waals surface area contributed by atoms with E-state index < -0.39 is 5.97 Å². The summed E-state index contributed by atoms with van der Waals surface area (Å²) in [5.74, 6) is -1.54. The van der Waals surface area contributed by atoms with Gasteiger partial charge in [-0.2, -0.15) is 0 Å². The summed E-state index contributed by atoms with van der Waals surface area (Å²) in [6.07, 6.45) is 3.87. The van der Waals surface area contributed by atoms with Crippen LogP contribution in [0.3, 0.4) is 0 Å². The number of aromatic nitrogens is 1. The zero-order chi connectivity index (χ0) is 14.3. The van der Waals surface area contributed by atoms with Crippen molar-refractivity contribution < 1.29 is 19.5 Å². The second-order valence-electron chi connectivity index (χ2n) is 4.81. The summed E-state index contributed by atoms with van der Waals surface area (Å²) in [6.45, 7) is 0. The van der Waals surface area contributed by atoms with Crippen molar-refractivity contribution in [2.24, 2.45) is 0 Å². The maximum atomic E-state index is 10.8. The van der Waals surface area contributed by atoms with E-state index in [2.05, 4.69) is 5.16 Å². The zero-order valence-corrected chi connectivity index (χ0v) is 11.3. The van der Waals surface area contributed by atoms with Crippen LogP contribution < -0.4 is 0 Å². The number of aromatic carboxylic acids is 1. The summed E-state index contributed by atoms with van der Waals surface area (Å²) in [4.78, 5) is 10.8. The molecule has 0 fully saturated rings. The first kappa shape index (κ1) is 13.0. The summed E-state index contributed by atoms with van der Waals surface area (Å²) < 4.78 is 4.72. The number of hydrogen-bond acceptors (Lipinski definition) is 4.